The lowest BCUT2D eigenvalue weighted by Gasteiger charge is -2.12. The van der Waals surface area contributed by atoms with Crippen LogP contribution in [-0.4, -0.2) is 16.5 Å². The molecule has 1 aliphatic carbocycles. The number of nitrogens with zero attached hydrogens (tertiary/aromatic N) is 2. The van der Waals surface area contributed by atoms with Crippen LogP contribution in [0.2, 0.25) is 0 Å². The molecule has 3 heterocycles. The van der Waals surface area contributed by atoms with Crippen LogP contribution in [0.5, 0.6) is 0 Å². The second kappa shape index (κ2) is 5.07. The van der Waals surface area contributed by atoms with Crippen LogP contribution in [0.3, 0.4) is 0 Å². The number of hydrogen-bond acceptors (Lipinski definition) is 5. The van der Waals surface area contributed by atoms with Crippen molar-refractivity contribution in [2.75, 3.05) is 6.61 Å². The zero-order chi connectivity index (χ0) is 13.4. The number of furan rings is 1. The lowest BCUT2D eigenvalue weighted by molar-refractivity contribution is 0.0917. The smallest absolute Gasteiger partial charge is 0.220 e. The summed E-state index contributed by atoms with van der Waals surface area (Å²) in [5, 5.41) is 0. The van der Waals surface area contributed by atoms with Crippen LogP contribution in [-0.2, 0) is 31.0 Å². The standard InChI is InChI=1S/C15H18N2O3/c1-2-11(1)8-19-10-15-16-13-6-17(7-14(13)20-15)5-12-3-4-18-9-12/h3-4,9,11H,1-2,5-8,10H2. The lowest BCUT2D eigenvalue weighted by Crippen LogP contribution is -2.15. The molecule has 1 aliphatic heterocycles. The molecular weight excluding hydrogens is 256 g/mol. The molecule has 2 aromatic rings. The highest BCUT2D eigenvalue weighted by atomic mass is 16.5. The predicted molar refractivity (Wildman–Crippen MR) is 70.5 cm³/mol. The van der Waals surface area contributed by atoms with Gasteiger partial charge in [0.2, 0.25) is 5.89 Å². The second-order valence-corrected chi connectivity index (χ2v) is 5.71. The summed E-state index contributed by atoms with van der Waals surface area (Å²) < 4.78 is 16.5. The Hall–Kier alpha value is -1.59. The summed E-state index contributed by atoms with van der Waals surface area (Å²) in [6.45, 7) is 3.88. The SMILES string of the molecule is c1cc(CN2Cc3nc(COCC4CC4)oc3C2)co1. The Balaban J connectivity index is 1.31. The summed E-state index contributed by atoms with van der Waals surface area (Å²) in [5.41, 5.74) is 2.24. The minimum absolute atomic E-state index is 0.505. The normalized spacial score (nSPS) is 18.6. The first-order valence-corrected chi connectivity index (χ1v) is 7.15. The van der Waals surface area contributed by atoms with Crippen molar-refractivity contribution >= 4 is 0 Å². The Morgan fingerprint density at radius 3 is 3.05 bits per heavy atom. The van der Waals surface area contributed by atoms with Gasteiger partial charge >= 0.3 is 0 Å². The minimum Gasteiger partial charge on any atom is -0.472 e. The van der Waals surface area contributed by atoms with E-state index in [1.165, 1.54) is 18.4 Å². The maximum atomic E-state index is 5.78. The number of oxazole rings is 1. The maximum Gasteiger partial charge on any atom is 0.220 e. The van der Waals surface area contributed by atoms with Gasteiger partial charge in [0.05, 0.1) is 31.4 Å². The fourth-order valence-corrected chi connectivity index (χ4v) is 2.57. The Kier molecular flexibility index (Phi) is 3.09. The Morgan fingerprint density at radius 2 is 2.30 bits per heavy atom. The molecule has 0 spiro atoms. The van der Waals surface area contributed by atoms with Crippen molar-refractivity contribution in [1.82, 2.24) is 9.88 Å². The molecule has 0 unspecified atom stereocenters. The second-order valence-electron chi connectivity index (χ2n) is 5.71. The van der Waals surface area contributed by atoms with Crippen LogP contribution >= 0.6 is 0 Å². The first-order chi connectivity index (χ1) is 9.87. The van der Waals surface area contributed by atoms with Crippen LogP contribution in [0.4, 0.5) is 0 Å². The summed E-state index contributed by atoms with van der Waals surface area (Å²) in [5.74, 6) is 2.49. The van der Waals surface area contributed by atoms with E-state index in [9.17, 15) is 0 Å². The Morgan fingerprint density at radius 1 is 1.35 bits per heavy atom. The monoisotopic (exact) mass is 274 g/mol. The van der Waals surface area contributed by atoms with Crippen molar-refractivity contribution < 1.29 is 13.6 Å². The van der Waals surface area contributed by atoms with Gasteiger partial charge in [-0.05, 0) is 24.8 Å². The number of ether oxygens (including phenoxy) is 1. The van der Waals surface area contributed by atoms with Crippen molar-refractivity contribution in [3.05, 3.63) is 41.5 Å². The molecule has 2 aromatic heterocycles. The summed E-state index contributed by atoms with van der Waals surface area (Å²) >= 11 is 0. The van der Waals surface area contributed by atoms with Gasteiger partial charge in [0, 0.05) is 18.7 Å². The summed E-state index contributed by atoms with van der Waals surface area (Å²) in [6.07, 6.45) is 6.11. The van der Waals surface area contributed by atoms with E-state index in [0.29, 0.717) is 6.61 Å². The average molecular weight is 274 g/mol. The first kappa shape index (κ1) is 12.2. The first-order valence-electron chi connectivity index (χ1n) is 7.15. The molecular formula is C15H18N2O3. The van der Waals surface area contributed by atoms with Gasteiger partial charge in [-0.25, -0.2) is 4.98 Å². The number of rotatable bonds is 6. The van der Waals surface area contributed by atoms with Gasteiger partial charge in [0.15, 0.2) is 0 Å². The van der Waals surface area contributed by atoms with Crippen LogP contribution in [0, 0.1) is 5.92 Å². The Labute approximate surface area is 117 Å². The third kappa shape index (κ3) is 2.64. The zero-order valence-corrected chi connectivity index (χ0v) is 11.4. The average Bonchev–Trinajstić information content (AvgIpc) is 2.83. The fraction of sp³-hybridized carbons (Fsp3) is 0.533. The van der Waals surface area contributed by atoms with Crippen LogP contribution in [0.1, 0.15) is 35.7 Å². The van der Waals surface area contributed by atoms with Crippen molar-refractivity contribution in [2.45, 2.75) is 39.1 Å². The largest absolute Gasteiger partial charge is 0.472 e. The van der Waals surface area contributed by atoms with E-state index in [-0.39, 0.29) is 0 Å². The number of fused-ring (bicyclic) bond motifs is 1. The molecule has 5 heteroatoms. The van der Waals surface area contributed by atoms with E-state index >= 15 is 0 Å². The third-order valence-electron chi connectivity index (χ3n) is 3.83. The molecule has 5 nitrogen and oxygen atoms in total. The molecule has 4 rings (SSSR count). The fourth-order valence-electron chi connectivity index (χ4n) is 2.57. The molecule has 2 aliphatic rings. The van der Waals surface area contributed by atoms with Crippen molar-refractivity contribution in [3.8, 4) is 0 Å². The maximum absolute atomic E-state index is 5.78. The molecule has 0 N–H and O–H groups in total. The summed E-state index contributed by atoms with van der Waals surface area (Å²) in [4.78, 5) is 6.82. The third-order valence-corrected chi connectivity index (χ3v) is 3.83. The molecule has 0 aromatic carbocycles. The van der Waals surface area contributed by atoms with Gasteiger partial charge in [-0.1, -0.05) is 0 Å². The quantitative estimate of drug-likeness (QED) is 0.810. The lowest BCUT2D eigenvalue weighted by atomic mass is 10.3. The van der Waals surface area contributed by atoms with Crippen molar-refractivity contribution in [1.29, 1.82) is 0 Å². The van der Waals surface area contributed by atoms with Gasteiger partial charge in [-0.15, -0.1) is 0 Å². The molecule has 0 amide bonds. The molecule has 1 fully saturated rings. The van der Waals surface area contributed by atoms with Gasteiger partial charge in [-0.3, -0.25) is 4.90 Å². The molecule has 0 atom stereocenters. The molecule has 0 radical (unpaired) electrons. The van der Waals surface area contributed by atoms with Crippen LogP contribution in [0.15, 0.2) is 27.4 Å². The zero-order valence-electron chi connectivity index (χ0n) is 11.4. The highest BCUT2D eigenvalue weighted by Crippen LogP contribution is 2.29. The van der Waals surface area contributed by atoms with Crippen LogP contribution in [0.25, 0.3) is 0 Å². The molecule has 1 saturated carbocycles. The van der Waals surface area contributed by atoms with E-state index in [4.69, 9.17) is 13.6 Å². The molecule has 106 valence electrons. The van der Waals surface area contributed by atoms with E-state index in [1.807, 2.05) is 6.07 Å². The molecule has 0 bridgehead atoms. The van der Waals surface area contributed by atoms with Crippen LogP contribution < -0.4 is 0 Å². The van der Waals surface area contributed by atoms with Crippen molar-refractivity contribution in [3.63, 3.8) is 0 Å². The Bertz CT molecular complexity index is 548. The van der Waals surface area contributed by atoms with Gasteiger partial charge < -0.3 is 13.6 Å². The molecule has 20 heavy (non-hydrogen) atoms. The topological polar surface area (TPSA) is 51.6 Å². The van der Waals surface area contributed by atoms with E-state index in [2.05, 4.69) is 9.88 Å². The number of aromatic nitrogens is 1. The summed E-state index contributed by atoms with van der Waals surface area (Å²) in [6, 6.07) is 1.99. The minimum atomic E-state index is 0.505. The van der Waals surface area contributed by atoms with Gasteiger partial charge in [0.25, 0.3) is 0 Å². The van der Waals surface area contributed by atoms with E-state index in [0.717, 1.165) is 49.5 Å². The number of hydrogen-bond donors (Lipinski definition) is 0. The van der Waals surface area contributed by atoms with Gasteiger partial charge in [-0.2, -0.15) is 0 Å². The summed E-state index contributed by atoms with van der Waals surface area (Å²) in [7, 11) is 0. The highest BCUT2D eigenvalue weighted by molar-refractivity contribution is 5.16. The van der Waals surface area contributed by atoms with E-state index in [1.54, 1.807) is 12.5 Å². The van der Waals surface area contributed by atoms with E-state index < -0.39 is 0 Å². The van der Waals surface area contributed by atoms with Gasteiger partial charge in [0.1, 0.15) is 12.4 Å². The molecule has 0 saturated heterocycles. The highest BCUT2D eigenvalue weighted by Gasteiger charge is 2.26. The predicted octanol–water partition coefficient (Wildman–Crippen LogP) is 2.71. The van der Waals surface area contributed by atoms with Crippen molar-refractivity contribution in [2.24, 2.45) is 5.92 Å².